The van der Waals surface area contributed by atoms with E-state index in [9.17, 15) is 4.79 Å². The molecule has 0 spiro atoms. The van der Waals surface area contributed by atoms with E-state index in [-0.39, 0.29) is 12.5 Å². The molecule has 0 unspecified atom stereocenters. The van der Waals surface area contributed by atoms with Gasteiger partial charge in [-0.1, -0.05) is 12.1 Å². The van der Waals surface area contributed by atoms with Gasteiger partial charge in [0, 0.05) is 6.07 Å². The Kier molecular flexibility index (Phi) is 5.68. The van der Waals surface area contributed by atoms with Gasteiger partial charge in [-0.2, -0.15) is 11.8 Å². The van der Waals surface area contributed by atoms with Gasteiger partial charge in [-0.25, -0.2) is 4.98 Å². The Labute approximate surface area is 156 Å². The molecule has 1 aromatic heterocycles. The van der Waals surface area contributed by atoms with Gasteiger partial charge in [0.05, 0.1) is 36.7 Å². The predicted octanol–water partition coefficient (Wildman–Crippen LogP) is 3.56. The van der Waals surface area contributed by atoms with Gasteiger partial charge >= 0.3 is 0 Å². The molecular formula is C19H21N3O3S. The summed E-state index contributed by atoms with van der Waals surface area (Å²) in [6.07, 6.45) is 2.02. The maximum Gasteiger partial charge on any atom is 0.244 e. The third-order valence-corrected chi connectivity index (χ3v) is 4.54. The molecule has 3 rings (SSSR count). The SMILES string of the molecule is COc1ccc(NC(=O)Cn2c(CSC)nc3ccccc32)c(OC)c1. The molecule has 0 aliphatic heterocycles. The second-order valence-electron chi connectivity index (χ2n) is 5.65. The monoisotopic (exact) mass is 371 g/mol. The Morgan fingerprint density at radius 1 is 1.19 bits per heavy atom. The van der Waals surface area contributed by atoms with Crippen molar-refractivity contribution in [3.05, 3.63) is 48.3 Å². The van der Waals surface area contributed by atoms with E-state index in [2.05, 4.69) is 10.3 Å². The lowest BCUT2D eigenvalue weighted by molar-refractivity contribution is -0.116. The van der Waals surface area contributed by atoms with E-state index in [4.69, 9.17) is 9.47 Å². The zero-order chi connectivity index (χ0) is 18.5. The fraction of sp³-hybridized carbons (Fsp3) is 0.263. The maximum atomic E-state index is 12.6. The highest BCUT2D eigenvalue weighted by Crippen LogP contribution is 2.29. The molecule has 0 radical (unpaired) electrons. The van der Waals surface area contributed by atoms with Crippen LogP contribution in [0.3, 0.4) is 0 Å². The molecule has 2 aromatic carbocycles. The highest BCUT2D eigenvalue weighted by Gasteiger charge is 2.15. The average Bonchev–Trinajstić information content (AvgIpc) is 2.99. The van der Waals surface area contributed by atoms with Crippen LogP contribution in [0.4, 0.5) is 5.69 Å². The minimum Gasteiger partial charge on any atom is -0.497 e. The number of benzene rings is 2. The van der Waals surface area contributed by atoms with Crippen LogP contribution >= 0.6 is 11.8 Å². The van der Waals surface area contributed by atoms with Gasteiger partial charge < -0.3 is 19.4 Å². The molecule has 1 N–H and O–H groups in total. The van der Waals surface area contributed by atoms with Crippen LogP contribution in [0.5, 0.6) is 11.5 Å². The molecule has 6 nitrogen and oxygen atoms in total. The molecule has 0 bridgehead atoms. The van der Waals surface area contributed by atoms with Crippen LogP contribution in [0.1, 0.15) is 5.82 Å². The van der Waals surface area contributed by atoms with Crippen LogP contribution in [-0.2, 0) is 17.1 Å². The number of para-hydroxylation sites is 2. The van der Waals surface area contributed by atoms with E-state index >= 15 is 0 Å². The third-order valence-electron chi connectivity index (χ3n) is 3.99. The standard InChI is InChI=1S/C19H21N3O3S/c1-24-13-8-9-15(17(10-13)25-2)21-19(23)11-22-16-7-5-4-6-14(16)20-18(22)12-26-3/h4-10H,11-12H2,1-3H3,(H,21,23). The van der Waals surface area contributed by atoms with Crippen molar-refractivity contribution in [2.45, 2.75) is 12.3 Å². The quantitative estimate of drug-likeness (QED) is 0.688. The Hall–Kier alpha value is -2.67. The topological polar surface area (TPSA) is 65.4 Å². The number of carbonyl (C=O) groups excluding carboxylic acids is 1. The van der Waals surface area contributed by atoms with E-state index in [1.165, 1.54) is 0 Å². The van der Waals surface area contributed by atoms with Gasteiger partial charge in [-0.3, -0.25) is 4.79 Å². The lowest BCUT2D eigenvalue weighted by Crippen LogP contribution is -2.20. The number of methoxy groups -OCH3 is 2. The van der Waals surface area contributed by atoms with Gasteiger partial charge in [-0.15, -0.1) is 0 Å². The normalized spacial score (nSPS) is 10.7. The van der Waals surface area contributed by atoms with Crippen LogP contribution in [-0.4, -0.2) is 35.9 Å². The Bertz CT molecular complexity index is 924. The van der Waals surface area contributed by atoms with Crippen molar-refractivity contribution in [1.82, 2.24) is 9.55 Å². The summed E-state index contributed by atoms with van der Waals surface area (Å²) in [6.45, 7) is 0.186. The van der Waals surface area contributed by atoms with Crippen LogP contribution in [0.25, 0.3) is 11.0 Å². The molecule has 136 valence electrons. The summed E-state index contributed by atoms with van der Waals surface area (Å²) in [5.74, 6) is 2.71. The number of fused-ring (bicyclic) bond motifs is 1. The first-order valence-electron chi connectivity index (χ1n) is 8.11. The summed E-state index contributed by atoms with van der Waals surface area (Å²) < 4.78 is 12.5. The Morgan fingerprint density at radius 2 is 2.00 bits per heavy atom. The molecule has 0 saturated carbocycles. The number of thioether (sulfide) groups is 1. The second-order valence-corrected chi connectivity index (χ2v) is 6.52. The Morgan fingerprint density at radius 3 is 2.73 bits per heavy atom. The molecule has 1 heterocycles. The molecule has 0 aliphatic rings. The minimum atomic E-state index is -0.140. The number of rotatable bonds is 7. The van der Waals surface area contributed by atoms with Crippen molar-refractivity contribution in [3.63, 3.8) is 0 Å². The van der Waals surface area contributed by atoms with E-state index in [0.717, 1.165) is 22.6 Å². The van der Waals surface area contributed by atoms with Crippen LogP contribution in [0.2, 0.25) is 0 Å². The number of amides is 1. The van der Waals surface area contributed by atoms with E-state index < -0.39 is 0 Å². The van der Waals surface area contributed by atoms with Crippen LogP contribution in [0, 0.1) is 0 Å². The number of hydrogen-bond acceptors (Lipinski definition) is 5. The number of ether oxygens (including phenoxy) is 2. The zero-order valence-electron chi connectivity index (χ0n) is 15.0. The zero-order valence-corrected chi connectivity index (χ0v) is 15.8. The lowest BCUT2D eigenvalue weighted by Gasteiger charge is -2.13. The first-order chi connectivity index (χ1) is 12.7. The fourth-order valence-corrected chi connectivity index (χ4v) is 3.25. The summed E-state index contributed by atoms with van der Waals surface area (Å²) in [4.78, 5) is 17.3. The number of hydrogen-bond donors (Lipinski definition) is 1. The largest absolute Gasteiger partial charge is 0.497 e. The highest BCUT2D eigenvalue weighted by atomic mass is 32.2. The first-order valence-corrected chi connectivity index (χ1v) is 9.50. The van der Waals surface area contributed by atoms with E-state index in [1.807, 2.05) is 35.1 Å². The molecule has 0 fully saturated rings. The molecule has 26 heavy (non-hydrogen) atoms. The van der Waals surface area contributed by atoms with E-state index in [0.29, 0.717) is 17.2 Å². The van der Waals surface area contributed by atoms with Gasteiger partial charge in [-0.05, 0) is 30.5 Å². The number of aromatic nitrogens is 2. The van der Waals surface area contributed by atoms with E-state index in [1.54, 1.807) is 44.2 Å². The summed E-state index contributed by atoms with van der Waals surface area (Å²) in [5.41, 5.74) is 2.45. The van der Waals surface area contributed by atoms with Gasteiger partial charge in [0.1, 0.15) is 23.9 Å². The third kappa shape index (κ3) is 3.77. The highest BCUT2D eigenvalue weighted by molar-refractivity contribution is 7.97. The summed E-state index contributed by atoms with van der Waals surface area (Å²) in [7, 11) is 3.15. The van der Waals surface area contributed by atoms with Gasteiger partial charge in [0.2, 0.25) is 5.91 Å². The molecule has 0 atom stereocenters. The number of nitrogens with zero attached hydrogens (tertiary/aromatic N) is 2. The first kappa shape index (κ1) is 18.1. The van der Waals surface area contributed by atoms with Crippen molar-refractivity contribution in [2.75, 3.05) is 25.8 Å². The fourth-order valence-electron chi connectivity index (χ4n) is 2.78. The molecular weight excluding hydrogens is 350 g/mol. The Balaban J connectivity index is 1.84. The predicted molar refractivity (Wildman–Crippen MR) is 105 cm³/mol. The number of nitrogens with one attached hydrogen (secondary N) is 1. The van der Waals surface area contributed by atoms with Crippen LogP contribution in [0.15, 0.2) is 42.5 Å². The summed E-state index contributed by atoms with van der Waals surface area (Å²) >= 11 is 1.68. The molecule has 1 amide bonds. The van der Waals surface area contributed by atoms with Gasteiger partial charge in [0.25, 0.3) is 0 Å². The molecule has 7 heteroatoms. The molecule has 0 aliphatic carbocycles. The second kappa shape index (κ2) is 8.14. The summed E-state index contributed by atoms with van der Waals surface area (Å²) in [6, 6.07) is 13.1. The van der Waals surface area contributed by atoms with Crippen molar-refractivity contribution in [2.24, 2.45) is 0 Å². The smallest absolute Gasteiger partial charge is 0.244 e. The molecule has 0 saturated heterocycles. The maximum absolute atomic E-state index is 12.6. The summed E-state index contributed by atoms with van der Waals surface area (Å²) in [5, 5.41) is 2.91. The minimum absolute atomic E-state index is 0.140. The van der Waals surface area contributed by atoms with Crippen molar-refractivity contribution < 1.29 is 14.3 Å². The lowest BCUT2D eigenvalue weighted by atomic mass is 10.2. The number of anilines is 1. The van der Waals surface area contributed by atoms with Gasteiger partial charge in [0.15, 0.2) is 0 Å². The molecule has 3 aromatic rings. The van der Waals surface area contributed by atoms with Crippen molar-refractivity contribution in [3.8, 4) is 11.5 Å². The number of carbonyl (C=O) groups is 1. The number of imidazole rings is 1. The average molecular weight is 371 g/mol. The van der Waals surface area contributed by atoms with Crippen LogP contribution < -0.4 is 14.8 Å². The van der Waals surface area contributed by atoms with Crippen molar-refractivity contribution >= 4 is 34.4 Å². The van der Waals surface area contributed by atoms with Crippen molar-refractivity contribution in [1.29, 1.82) is 0 Å².